The van der Waals surface area contributed by atoms with Gasteiger partial charge in [-0.05, 0) is 42.7 Å². The number of hydrogen-bond acceptors (Lipinski definition) is 5. The summed E-state index contributed by atoms with van der Waals surface area (Å²) >= 11 is 0. The average molecular weight is 377 g/mol. The van der Waals surface area contributed by atoms with E-state index >= 15 is 0 Å². The molecule has 1 saturated carbocycles. The third kappa shape index (κ3) is 3.36. The molecule has 28 heavy (non-hydrogen) atoms. The zero-order chi connectivity index (χ0) is 18.9. The molecule has 0 amide bonds. The Balaban J connectivity index is 1.43. The summed E-state index contributed by atoms with van der Waals surface area (Å²) in [7, 11) is 0. The van der Waals surface area contributed by atoms with Crippen molar-refractivity contribution < 1.29 is 9.47 Å². The standard InChI is InChI=1S/C22H23N3O3/c26-22-12-17(23-21-7-3-4-10-25(21)22)14-24(18-5-1-2-6-18)13-16-8-9-19-20(11-16)28-15-27-19/h3-4,7-12,18H,1-2,5-6,13-15H2. The molecule has 2 aliphatic rings. The average Bonchev–Trinajstić information content (AvgIpc) is 3.39. The second-order valence-corrected chi connectivity index (χ2v) is 7.55. The van der Waals surface area contributed by atoms with E-state index in [1.807, 2.05) is 24.3 Å². The fraction of sp³-hybridized carbons (Fsp3) is 0.364. The summed E-state index contributed by atoms with van der Waals surface area (Å²) in [5.74, 6) is 1.62. The quantitative estimate of drug-likeness (QED) is 0.682. The minimum Gasteiger partial charge on any atom is -0.454 e. The Hall–Kier alpha value is -2.86. The van der Waals surface area contributed by atoms with Crippen molar-refractivity contribution in [2.75, 3.05) is 6.79 Å². The number of pyridine rings is 1. The molecule has 144 valence electrons. The molecule has 3 heterocycles. The summed E-state index contributed by atoms with van der Waals surface area (Å²) in [6.07, 6.45) is 6.66. The van der Waals surface area contributed by atoms with Crippen LogP contribution in [0.1, 0.15) is 36.9 Å². The van der Waals surface area contributed by atoms with Gasteiger partial charge in [-0.3, -0.25) is 14.1 Å². The minimum atomic E-state index is -0.0324. The van der Waals surface area contributed by atoms with Crippen molar-refractivity contribution in [3.8, 4) is 11.5 Å². The van der Waals surface area contributed by atoms with Gasteiger partial charge >= 0.3 is 0 Å². The number of fused-ring (bicyclic) bond motifs is 2. The molecule has 2 aromatic heterocycles. The van der Waals surface area contributed by atoms with Crippen LogP contribution < -0.4 is 15.0 Å². The molecule has 0 unspecified atom stereocenters. The van der Waals surface area contributed by atoms with Crippen molar-refractivity contribution in [3.05, 3.63) is 70.3 Å². The molecule has 3 aromatic rings. The lowest BCUT2D eigenvalue weighted by molar-refractivity contribution is 0.173. The molecule has 5 rings (SSSR count). The van der Waals surface area contributed by atoms with Crippen LogP contribution in [0.25, 0.3) is 5.65 Å². The Morgan fingerprint density at radius 2 is 1.89 bits per heavy atom. The first kappa shape index (κ1) is 17.3. The van der Waals surface area contributed by atoms with Crippen molar-refractivity contribution >= 4 is 5.65 Å². The maximum atomic E-state index is 12.5. The van der Waals surface area contributed by atoms with E-state index < -0.39 is 0 Å². The highest BCUT2D eigenvalue weighted by atomic mass is 16.7. The highest BCUT2D eigenvalue weighted by Crippen LogP contribution is 2.34. The van der Waals surface area contributed by atoms with E-state index in [2.05, 4.69) is 17.0 Å². The predicted octanol–water partition coefficient (Wildman–Crippen LogP) is 3.37. The number of benzene rings is 1. The SMILES string of the molecule is O=c1cc(CN(Cc2ccc3c(c2)OCO3)C2CCCC2)nc2ccccn12. The molecule has 0 atom stereocenters. The van der Waals surface area contributed by atoms with E-state index in [0.29, 0.717) is 18.2 Å². The van der Waals surface area contributed by atoms with Gasteiger partial charge in [0.2, 0.25) is 6.79 Å². The van der Waals surface area contributed by atoms with Crippen LogP contribution in [-0.4, -0.2) is 27.1 Å². The van der Waals surface area contributed by atoms with Crippen LogP contribution in [-0.2, 0) is 13.1 Å². The molecular weight excluding hydrogens is 354 g/mol. The Morgan fingerprint density at radius 3 is 2.79 bits per heavy atom. The largest absolute Gasteiger partial charge is 0.454 e. The predicted molar refractivity (Wildman–Crippen MR) is 106 cm³/mol. The second kappa shape index (κ2) is 7.28. The molecule has 0 radical (unpaired) electrons. The summed E-state index contributed by atoms with van der Waals surface area (Å²) < 4.78 is 12.5. The Kier molecular flexibility index (Phi) is 4.49. The molecule has 0 saturated heterocycles. The molecule has 6 heteroatoms. The highest BCUT2D eigenvalue weighted by molar-refractivity contribution is 5.44. The molecule has 1 aliphatic heterocycles. The maximum absolute atomic E-state index is 12.5. The third-order valence-electron chi connectivity index (χ3n) is 5.65. The zero-order valence-corrected chi connectivity index (χ0v) is 15.7. The van der Waals surface area contributed by atoms with Gasteiger partial charge in [-0.15, -0.1) is 0 Å². The molecule has 0 spiro atoms. The minimum absolute atomic E-state index is 0.0324. The number of ether oxygens (including phenoxy) is 2. The Labute approximate surface area is 163 Å². The summed E-state index contributed by atoms with van der Waals surface area (Å²) in [4.78, 5) is 19.6. The molecular formula is C22H23N3O3. The first-order valence-corrected chi connectivity index (χ1v) is 9.86. The number of rotatable bonds is 5. The highest BCUT2D eigenvalue weighted by Gasteiger charge is 2.24. The number of nitrogens with zero attached hydrogens (tertiary/aromatic N) is 3. The smallest absolute Gasteiger partial charge is 0.258 e. The van der Waals surface area contributed by atoms with Crippen molar-refractivity contribution in [2.24, 2.45) is 0 Å². The van der Waals surface area contributed by atoms with E-state index in [4.69, 9.17) is 14.5 Å². The van der Waals surface area contributed by atoms with E-state index in [-0.39, 0.29) is 12.4 Å². The first-order valence-electron chi connectivity index (χ1n) is 9.86. The molecule has 1 aliphatic carbocycles. The normalized spacial score (nSPS) is 16.3. The Bertz CT molecular complexity index is 1060. The van der Waals surface area contributed by atoms with Crippen molar-refractivity contribution in [2.45, 2.75) is 44.8 Å². The molecule has 1 fully saturated rings. The summed E-state index contributed by atoms with van der Waals surface area (Å²) in [6.45, 7) is 1.76. The fourth-order valence-electron chi connectivity index (χ4n) is 4.25. The van der Waals surface area contributed by atoms with Gasteiger partial charge in [0.15, 0.2) is 11.5 Å². The topological polar surface area (TPSA) is 56.1 Å². The van der Waals surface area contributed by atoms with Gasteiger partial charge in [-0.2, -0.15) is 0 Å². The van der Waals surface area contributed by atoms with Gasteiger partial charge in [0.25, 0.3) is 5.56 Å². The van der Waals surface area contributed by atoms with E-state index in [1.165, 1.54) is 31.2 Å². The summed E-state index contributed by atoms with van der Waals surface area (Å²) in [6, 6.07) is 13.9. The van der Waals surface area contributed by atoms with Crippen LogP contribution in [0.4, 0.5) is 0 Å². The van der Waals surface area contributed by atoms with Crippen LogP contribution in [0.15, 0.2) is 53.5 Å². The van der Waals surface area contributed by atoms with Gasteiger partial charge in [0.05, 0.1) is 5.69 Å². The molecule has 6 nitrogen and oxygen atoms in total. The number of hydrogen-bond donors (Lipinski definition) is 0. The molecule has 1 aromatic carbocycles. The van der Waals surface area contributed by atoms with Crippen molar-refractivity contribution in [3.63, 3.8) is 0 Å². The van der Waals surface area contributed by atoms with Crippen LogP contribution in [0, 0.1) is 0 Å². The first-order chi connectivity index (χ1) is 13.8. The monoisotopic (exact) mass is 377 g/mol. The van der Waals surface area contributed by atoms with Crippen LogP contribution >= 0.6 is 0 Å². The second-order valence-electron chi connectivity index (χ2n) is 7.55. The van der Waals surface area contributed by atoms with Gasteiger partial charge in [-0.1, -0.05) is 25.0 Å². The van der Waals surface area contributed by atoms with E-state index in [1.54, 1.807) is 16.7 Å². The lowest BCUT2D eigenvalue weighted by Gasteiger charge is -2.28. The Morgan fingerprint density at radius 1 is 1.04 bits per heavy atom. The van der Waals surface area contributed by atoms with Gasteiger partial charge in [0.1, 0.15) is 5.65 Å². The van der Waals surface area contributed by atoms with Crippen LogP contribution in [0.5, 0.6) is 11.5 Å². The van der Waals surface area contributed by atoms with Crippen molar-refractivity contribution in [1.29, 1.82) is 0 Å². The van der Waals surface area contributed by atoms with E-state index in [9.17, 15) is 4.79 Å². The van der Waals surface area contributed by atoms with Gasteiger partial charge in [-0.25, -0.2) is 4.98 Å². The van der Waals surface area contributed by atoms with E-state index in [0.717, 1.165) is 23.7 Å². The van der Waals surface area contributed by atoms with Gasteiger partial charge < -0.3 is 9.47 Å². The summed E-state index contributed by atoms with van der Waals surface area (Å²) in [5.41, 5.74) is 2.67. The number of aromatic nitrogens is 2. The lowest BCUT2D eigenvalue weighted by Crippen LogP contribution is -2.33. The van der Waals surface area contributed by atoms with Crippen LogP contribution in [0.3, 0.4) is 0 Å². The fourth-order valence-corrected chi connectivity index (χ4v) is 4.25. The van der Waals surface area contributed by atoms with Crippen molar-refractivity contribution in [1.82, 2.24) is 14.3 Å². The molecule has 0 N–H and O–H groups in total. The van der Waals surface area contributed by atoms with Crippen LogP contribution in [0.2, 0.25) is 0 Å². The van der Waals surface area contributed by atoms with Gasteiger partial charge in [0, 0.05) is 31.4 Å². The summed E-state index contributed by atoms with van der Waals surface area (Å²) in [5, 5.41) is 0. The third-order valence-corrected chi connectivity index (χ3v) is 5.65. The zero-order valence-electron chi connectivity index (χ0n) is 15.7. The molecule has 0 bridgehead atoms. The maximum Gasteiger partial charge on any atom is 0.258 e. The lowest BCUT2D eigenvalue weighted by atomic mass is 10.1.